The number of carbonyl (C=O) groups excluding carboxylic acids is 1. The molecule has 0 amide bonds. The Morgan fingerprint density at radius 2 is 1.58 bits per heavy atom. The molecule has 7 nitrogen and oxygen atoms in total. The smallest absolute Gasteiger partial charge is 0.270 e. The number of nitro groups is 1. The molecule has 0 bridgehead atoms. The van der Waals surface area contributed by atoms with E-state index in [1.165, 1.54) is 18.2 Å². The number of aromatic nitrogens is 2. The first-order valence-corrected chi connectivity index (χ1v) is 9.68. The molecule has 154 valence electrons. The fourth-order valence-electron chi connectivity index (χ4n) is 3.49. The van der Waals surface area contributed by atoms with Gasteiger partial charge < -0.3 is 9.13 Å². The Kier molecular flexibility index (Phi) is 5.32. The fourth-order valence-corrected chi connectivity index (χ4v) is 3.49. The van der Waals surface area contributed by atoms with Gasteiger partial charge in [0.25, 0.3) is 5.69 Å². The van der Waals surface area contributed by atoms with Crippen LogP contribution in [0.5, 0.6) is 0 Å². The summed E-state index contributed by atoms with van der Waals surface area (Å²) in [6.45, 7) is -0.0735. The zero-order chi connectivity index (χ0) is 22.0. The number of ketones is 1. The van der Waals surface area contributed by atoms with Crippen molar-refractivity contribution in [2.24, 2.45) is 7.05 Å². The van der Waals surface area contributed by atoms with Gasteiger partial charge in [0, 0.05) is 30.9 Å². The summed E-state index contributed by atoms with van der Waals surface area (Å²) in [7, 11) is 1.77. The number of nitro benzene ring substituents is 1. The fraction of sp³-hybridized carbons (Fsp3) is 0.0833. The number of Topliss-reactive ketones (excluding diaryl/α,β-unsaturated/α-hetero) is 1. The van der Waals surface area contributed by atoms with Gasteiger partial charge in [-0.1, -0.05) is 66.7 Å². The standard InChI is InChI=1S/C24H20N4O3/c1-26-22(19-12-10-18(11-13-19)17-6-3-2-4-7-17)15-27(24(26)25)16-23(29)20-8-5-9-21(14-20)28(30)31/h2-15,25H,16H2,1H3. The van der Waals surface area contributed by atoms with Crippen LogP contribution >= 0.6 is 0 Å². The second-order valence-electron chi connectivity index (χ2n) is 7.20. The number of carbonyl (C=O) groups is 1. The van der Waals surface area contributed by atoms with Gasteiger partial charge in [-0.15, -0.1) is 0 Å². The van der Waals surface area contributed by atoms with Gasteiger partial charge in [-0.3, -0.25) is 20.3 Å². The number of benzene rings is 3. The molecule has 0 aliphatic carbocycles. The maximum Gasteiger partial charge on any atom is 0.270 e. The van der Waals surface area contributed by atoms with E-state index in [4.69, 9.17) is 5.41 Å². The number of non-ortho nitro benzene ring substituents is 1. The first kappa shape index (κ1) is 20.0. The lowest BCUT2D eigenvalue weighted by molar-refractivity contribution is -0.384. The topological polar surface area (TPSA) is 93.9 Å². The van der Waals surface area contributed by atoms with E-state index in [2.05, 4.69) is 0 Å². The van der Waals surface area contributed by atoms with E-state index in [0.29, 0.717) is 0 Å². The highest BCUT2D eigenvalue weighted by Crippen LogP contribution is 2.24. The summed E-state index contributed by atoms with van der Waals surface area (Å²) in [5.74, 6) is -0.293. The number of imidazole rings is 1. The molecule has 7 heteroatoms. The first-order valence-electron chi connectivity index (χ1n) is 9.68. The molecule has 4 aromatic rings. The van der Waals surface area contributed by atoms with Gasteiger partial charge >= 0.3 is 0 Å². The summed E-state index contributed by atoms with van der Waals surface area (Å²) in [5, 5.41) is 19.3. The molecule has 4 rings (SSSR count). The maximum atomic E-state index is 12.7. The molecule has 0 aliphatic heterocycles. The minimum absolute atomic E-state index is 0.0735. The molecular formula is C24H20N4O3. The van der Waals surface area contributed by atoms with Crippen LogP contribution in [0.15, 0.2) is 85.1 Å². The molecule has 0 radical (unpaired) electrons. The summed E-state index contributed by atoms with van der Waals surface area (Å²) in [4.78, 5) is 23.1. The highest BCUT2D eigenvalue weighted by atomic mass is 16.6. The normalized spacial score (nSPS) is 10.7. The molecule has 1 heterocycles. The van der Waals surface area contributed by atoms with E-state index in [1.54, 1.807) is 28.4 Å². The van der Waals surface area contributed by atoms with Crippen LogP contribution in [0, 0.1) is 15.5 Å². The zero-order valence-electron chi connectivity index (χ0n) is 16.9. The van der Waals surface area contributed by atoms with Crippen LogP contribution in [0.4, 0.5) is 5.69 Å². The van der Waals surface area contributed by atoms with Gasteiger partial charge in [-0.25, -0.2) is 0 Å². The highest BCUT2D eigenvalue weighted by molar-refractivity contribution is 5.96. The van der Waals surface area contributed by atoms with Crippen molar-refractivity contribution < 1.29 is 9.72 Å². The van der Waals surface area contributed by atoms with Gasteiger partial charge in [0.2, 0.25) is 5.62 Å². The van der Waals surface area contributed by atoms with Gasteiger partial charge in [0.1, 0.15) is 0 Å². The van der Waals surface area contributed by atoms with E-state index < -0.39 is 4.92 Å². The Morgan fingerprint density at radius 3 is 2.26 bits per heavy atom. The first-order chi connectivity index (χ1) is 14.9. The summed E-state index contributed by atoms with van der Waals surface area (Å²) in [5.41, 5.74) is 4.24. The number of hydrogen-bond donors (Lipinski definition) is 1. The van der Waals surface area contributed by atoms with Crippen molar-refractivity contribution >= 4 is 11.5 Å². The second-order valence-corrected chi connectivity index (χ2v) is 7.20. The van der Waals surface area contributed by atoms with Crippen molar-refractivity contribution in [1.29, 1.82) is 5.41 Å². The monoisotopic (exact) mass is 412 g/mol. The molecule has 1 aromatic heterocycles. The van der Waals surface area contributed by atoms with Crippen LogP contribution in [0.3, 0.4) is 0 Å². The molecule has 0 spiro atoms. The number of nitrogens with zero attached hydrogens (tertiary/aromatic N) is 3. The second kappa shape index (κ2) is 8.23. The molecule has 1 N–H and O–H groups in total. The molecule has 0 aliphatic rings. The average Bonchev–Trinajstić information content (AvgIpc) is 3.08. The van der Waals surface area contributed by atoms with Crippen LogP contribution in [0.1, 0.15) is 10.4 Å². The summed E-state index contributed by atoms with van der Waals surface area (Å²) in [6, 6.07) is 23.7. The zero-order valence-corrected chi connectivity index (χ0v) is 16.9. The predicted molar refractivity (Wildman–Crippen MR) is 118 cm³/mol. The van der Waals surface area contributed by atoms with Crippen LogP contribution in [-0.2, 0) is 13.6 Å². The lowest BCUT2D eigenvalue weighted by Gasteiger charge is -2.05. The number of nitrogens with one attached hydrogen (secondary N) is 1. The number of rotatable bonds is 6. The van der Waals surface area contributed by atoms with Crippen molar-refractivity contribution in [1.82, 2.24) is 9.13 Å². The Morgan fingerprint density at radius 1 is 0.935 bits per heavy atom. The molecule has 31 heavy (non-hydrogen) atoms. The van der Waals surface area contributed by atoms with E-state index in [-0.39, 0.29) is 29.2 Å². The molecule has 0 saturated carbocycles. The van der Waals surface area contributed by atoms with Gasteiger partial charge in [-0.2, -0.15) is 0 Å². The molecular weight excluding hydrogens is 392 g/mol. The molecule has 3 aromatic carbocycles. The van der Waals surface area contributed by atoms with Gasteiger partial charge in [-0.05, 0) is 16.7 Å². The van der Waals surface area contributed by atoms with Crippen molar-refractivity contribution in [3.63, 3.8) is 0 Å². The Bertz CT molecular complexity index is 1320. The largest absolute Gasteiger partial charge is 0.314 e. The lowest BCUT2D eigenvalue weighted by Crippen LogP contribution is -2.25. The molecule has 0 fully saturated rings. The van der Waals surface area contributed by atoms with E-state index in [1.807, 2.05) is 54.6 Å². The van der Waals surface area contributed by atoms with E-state index >= 15 is 0 Å². The summed E-state index contributed by atoms with van der Waals surface area (Å²) >= 11 is 0. The Balaban J connectivity index is 1.60. The van der Waals surface area contributed by atoms with Crippen LogP contribution < -0.4 is 5.62 Å². The van der Waals surface area contributed by atoms with E-state index in [9.17, 15) is 14.9 Å². The Labute approximate surface area is 178 Å². The maximum absolute atomic E-state index is 12.7. The van der Waals surface area contributed by atoms with Gasteiger partial charge in [0.05, 0.1) is 17.2 Å². The predicted octanol–water partition coefficient (Wildman–Crippen LogP) is 4.43. The highest BCUT2D eigenvalue weighted by Gasteiger charge is 2.15. The minimum atomic E-state index is -0.528. The lowest BCUT2D eigenvalue weighted by atomic mass is 10.0. The summed E-state index contributed by atoms with van der Waals surface area (Å²) < 4.78 is 3.25. The van der Waals surface area contributed by atoms with Crippen molar-refractivity contribution in [2.75, 3.05) is 0 Å². The van der Waals surface area contributed by atoms with Crippen LogP contribution in [0.25, 0.3) is 22.4 Å². The van der Waals surface area contributed by atoms with Gasteiger partial charge in [0.15, 0.2) is 5.78 Å². The van der Waals surface area contributed by atoms with Crippen molar-refractivity contribution in [3.8, 4) is 22.4 Å². The third kappa shape index (κ3) is 4.06. The third-order valence-corrected chi connectivity index (χ3v) is 5.21. The average molecular weight is 412 g/mol. The van der Waals surface area contributed by atoms with Crippen LogP contribution in [-0.4, -0.2) is 19.8 Å². The Hall–Kier alpha value is -4.26. The SMILES string of the molecule is Cn1c(-c2ccc(-c3ccccc3)cc2)cn(CC(=O)c2cccc([N+](=O)[O-])c2)c1=N. The molecule has 0 atom stereocenters. The number of hydrogen-bond acceptors (Lipinski definition) is 4. The summed E-state index contributed by atoms with van der Waals surface area (Å²) in [6.07, 6.45) is 1.76. The van der Waals surface area contributed by atoms with Crippen molar-refractivity contribution in [3.05, 3.63) is 106 Å². The van der Waals surface area contributed by atoms with Crippen molar-refractivity contribution in [2.45, 2.75) is 6.54 Å². The molecule has 0 saturated heterocycles. The molecule has 0 unspecified atom stereocenters. The van der Waals surface area contributed by atoms with Crippen LogP contribution in [0.2, 0.25) is 0 Å². The van der Waals surface area contributed by atoms with E-state index in [0.717, 1.165) is 22.4 Å². The minimum Gasteiger partial charge on any atom is -0.314 e. The quantitative estimate of drug-likeness (QED) is 0.288. The third-order valence-electron chi connectivity index (χ3n) is 5.21.